The molecule has 0 saturated carbocycles. The molecule has 398 valence electrons. The third-order valence-electron chi connectivity index (χ3n) is 9.96. The van der Waals surface area contributed by atoms with Gasteiger partial charge in [-0.2, -0.15) is 13.5 Å². The zero-order chi connectivity index (χ0) is 51.3. The number of Topliss-reactive ketones (excluding diaryl/α,β-unsaturated/α-hetero) is 3. The standard InChI is InChI=1S/C49H81N7O13.H2S/c1-47(2,3)43(59)42(53-49(7,8)9)31-39-32-56(55-54-39)19-21-64-23-25-66-27-29-67-28-26-65-24-22-63-20-11-13-40(57)34-68-35-41(58)30-37(12-10-18-51-46(50)62)44(60)52-38-16-14-36(15-17-38)33-69-45(61)48(4,5)6;/h14-17,32,37,42,53H,10-13,18-31,33-35H2,1-9H3,(H,52,60)(H3,50,51,62);1H2/t37-,42+;/m1./s1. The summed E-state index contributed by atoms with van der Waals surface area (Å²) in [6.45, 7) is 21.6. The number of nitrogens with zero attached hydrogens (tertiary/aromatic N) is 3. The van der Waals surface area contributed by atoms with Gasteiger partial charge in [-0.1, -0.05) is 38.1 Å². The maximum absolute atomic E-state index is 13.2. The molecule has 2 rings (SSSR count). The normalized spacial score (nSPS) is 12.7. The van der Waals surface area contributed by atoms with E-state index in [4.69, 9.17) is 38.9 Å². The molecule has 2 atom stereocenters. The Bertz CT molecular complexity index is 1840. The third kappa shape index (κ3) is 30.4. The van der Waals surface area contributed by atoms with Crippen LogP contribution in [0.1, 0.15) is 106 Å². The van der Waals surface area contributed by atoms with Crippen LogP contribution in [0.5, 0.6) is 0 Å². The van der Waals surface area contributed by atoms with Crippen LogP contribution in [-0.4, -0.2) is 148 Å². The molecule has 1 aromatic carbocycles. The molecule has 21 heteroatoms. The molecule has 0 saturated heterocycles. The van der Waals surface area contributed by atoms with Crippen molar-refractivity contribution in [2.24, 2.45) is 22.5 Å². The average Bonchev–Trinajstić information content (AvgIpc) is 3.71. The van der Waals surface area contributed by atoms with Gasteiger partial charge in [-0.05, 0) is 78.5 Å². The summed E-state index contributed by atoms with van der Waals surface area (Å²) in [5.74, 6) is -1.82. The second-order valence-corrected chi connectivity index (χ2v) is 19.8. The first-order valence-electron chi connectivity index (χ1n) is 23.8. The number of esters is 1. The summed E-state index contributed by atoms with van der Waals surface area (Å²) in [7, 11) is 0. The molecule has 1 aromatic heterocycles. The van der Waals surface area contributed by atoms with Gasteiger partial charge in [0.05, 0.1) is 83.2 Å². The molecule has 0 spiro atoms. The van der Waals surface area contributed by atoms with E-state index in [1.165, 1.54) is 0 Å². The fourth-order valence-corrected chi connectivity index (χ4v) is 6.38. The van der Waals surface area contributed by atoms with E-state index < -0.39 is 22.8 Å². The lowest BCUT2D eigenvalue weighted by Crippen LogP contribution is -2.51. The monoisotopic (exact) mass is 1010 g/mol. The molecule has 70 heavy (non-hydrogen) atoms. The number of nitrogens with one attached hydrogen (secondary N) is 3. The second kappa shape index (κ2) is 34.1. The van der Waals surface area contributed by atoms with Crippen LogP contribution in [0.3, 0.4) is 0 Å². The highest BCUT2D eigenvalue weighted by molar-refractivity contribution is 7.59. The molecule has 0 aliphatic heterocycles. The molecule has 0 fully saturated rings. The quantitative estimate of drug-likeness (QED) is 0.0536. The molecule has 0 radical (unpaired) electrons. The van der Waals surface area contributed by atoms with Crippen LogP contribution in [0.25, 0.3) is 0 Å². The fraction of sp³-hybridized carbons (Fsp3) is 0.714. The smallest absolute Gasteiger partial charge is 0.312 e. The summed E-state index contributed by atoms with van der Waals surface area (Å²) in [5.41, 5.74) is 5.82. The van der Waals surface area contributed by atoms with Gasteiger partial charge in [0.15, 0.2) is 17.3 Å². The molecule has 0 aliphatic carbocycles. The molecule has 2 aromatic rings. The number of anilines is 1. The highest BCUT2D eigenvalue weighted by Gasteiger charge is 2.33. The number of rotatable bonds is 37. The van der Waals surface area contributed by atoms with Crippen molar-refractivity contribution in [1.82, 2.24) is 25.6 Å². The molecule has 0 bridgehead atoms. The number of aromatic nitrogens is 3. The predicted molar refractivity (Wildman–Crippen MR) is 269 cm³/mol. The number of primary amides is 1. The lowest BCUT2D eigenvalue weighted by atomic mass is 9.84. The number of ether oxygens (including phenoxy) is 7. The van der Waals surface area contributed by atoms with Crippen LogP contribution in [0.2, 0.25) is 0 Å². The maximum atomic E-state index is 13.2. The lowest BCUT2D eigenvalue weighted by Gasteiger charge is -2.31. The summed E-state index contributed by atoms with van der Waals surface area (Å²) < 4.78 is 40.3. The molecule has 3 amide bonds. The van der Waals surface area contributed by atoms with Gasteiger partial charge in [0.25, 0.3) is 0 Å². The van der Waals surface area contributed by atoms with Crippen molar-refractivity contribution in [1.29, 1.82) is 0 Å². The van der Waals surface area contributed by atoms with E-state index in [9.17, 15) is 28.8 Å². The van der Waals surface area contributed by atoms with E-state index in [1.54, 1.807) is 49.7 Å². The van der Waals surface area contributed by atoms with E-state index in [1.807, 2.05) is 47.7 Å². The summed E-state index contributed by atoms with van der Waals surface area (Å²) in [6, 6.07) is 5.78. The zero-order valence-corrected chi connectivity index (χ0v) is 44.1. The van der Waals surface area contributed by atoms with Crippen LogP contribution >= 0.6 is 13.5 Å². The summed E-state index contributed by atoms with van der Waals surface area (Å²) in [6.07, 6.45) is 3.59. The first kappa shape index (κ1) is 63.7. The topological polar surface area (TPSA) is 260 Å². The van der Waals surface area contributed by atoms with Gasteiger partial charge < -0.3 is 54.8 Å². The number of hydrogen-bond donors (Lipinski definition) is 4. The minimum Gasteiger partial charge on any atom is -0.460 e. The van der Waals surface area contributed by atoms with Crippen LogP contribution < -0.4 is 21.7 Å². The zero-order valence-electron chi connectivity index (χ0n) is 43.1. The maximum Gasteiger partial charge on any atom is 0.312 e. The number of carbonyl (C=O) groups is 6. The van der Waals surface area contributed by atoms with Crippen molar-refractivity contribution in [2.45, 2.75) is 126 Å². The number of hydrogen-bond acceptors (Lipinski definition) is 16. The lowest BCUT2D eigenvalue weighted by molar-refractivity contribution is -0.154. The SMILES string of the molecule is CC(C)(C)N[C@@H](Cc1cn(CCOCCOCCOCCOCCOCCCC(=O)COCC(=O)C[C@@H](CCCNC(N)=O)C(=O)Nc2ccc(COC(=O)C(C)(C)C)cc2)nn1)C(=O)C(C)(C)C.S. The van der Waals surface area contributed by atoms with Crippen molar-refractivity contribution in [3.63, 3.8) is 0 Å². The van der Waals surface area contributed by atoms with Gasteiger partial charge in [0.1, 0.15) is 19.8 Å². The van der Waals surface area contributed by atoms with E-state index in [0.29, 0.717) is 104 Å². The molecule has 0 unspecified atom stereocenters. The second-order valence-electron chi connectivity index (χ2n) is 19.8. The van der Waals surface area contributed by atoms with Gasteiger partial charge in [0.2, 0.25) is 5.91 Å². The number of urea groups is 1. The first-order chi connectivity index (χ1) is 32.5. The molecule has 20 nitrogen and oxygen atoms in total. The van der Waals surface area contributed by atoms with Crippen LogP contribution in [-0.2, 0) is 76.7 Å². The molecular weight excluding hydrogens is 927 g/mol. The van der Waals surface area contributed by atoms with Gasteiger partial charge in [-0.15, -0.1) is 5.10 Å². The number of nitrogens with two attached hydrogens (primary N) is 1. The Balaban J connectivity index is 0.0000245. The summed E-state index contributed by atoms with van der Waals surface area (Å²) in [5, 5.41) is 17.2. The number of benzene rings is 1. The Morgan fingerprint density at radius 2 is 1.26 bits per heavy atom. The number of ketones is 3. The van der Waals surface area contributed by atoms with Gasteiger partial charge in [-0.3, -0.25) is 24.0 Å². The largest absolute Gasteiger partial charge is 0.460 e. The Morgan fingerprint density at radius 1 is 0.700 bits per heavy atom. The number of amides is 3. The van der Waals surface area contributed by atoms with E-state index in [-0.39, 0.29) is 93.5 Å². The summed E-state index contributed by atoms with van der Waals surface area (Å²) >= 11 is 0. The van der Waals surface area contributed by atoms with Gasteiger partial charge in [-0.25, -0.2) is 9.48 Å². The van der Waals surface area contributed by atoms with Crippen molar-refractivity contribution < 1.29 is 61.9 Å². The molecule has 0 aliphatic rings. The Morgan fingerprint density at radius 3 is 1.80 bits per heavy atom. The number of carbonyl (C=O) groups excluding carboxylic acids is 6. The highest BCUT2D eigenvalue weighted by atomic mass is 32.1. The van der Waals surface area contributed by atoms with E-state index in [0.717, 1.165) is 11.3 Å². The highest BCUT2D eigenvalue weighted by Crippen LogP contribution is 2.21. The van der Waals surface area contributed by atoms with Crippen molar-refractivity contribution in [2.75, 3.05) is 91.1 Å². The minimum absolute atomic E-state index is 0. The van der Waals surface area contributed by atoms with Gasteiger partial charge in [0, 0.05) is 61.2 Å². The third-order valence-corrected chi connectivity index (χ3v) is 9.96. The Kier molecular flexibility index (Phi) is 31.0. The van der Waals surface area contributed by atoms with Crippen LogP contribution in [0.4, 0.5) is 10.5 Å². The van der Waals surface area contributed by atoms with Crippen molar-refractivity contribution >= 4 is 54.4 Å². The van der Waals surface area contributed by atoms with Crippen LogP contribution in [0, 0.1) is 16.7 Å². The fourth-order valence-electron chi connectivity index (χ4n) is 6.38. The Labute approximate surface area is 421 Å². The summed E-state index contributed by atoms with van der Waals surface area (Å²) in [4.78, 5) is 74.5. The molecular formula is C49H83N7O13S. The molecule has 5 N–H and O–H groups in total. The minimum atomic E-state index is -0.722. The molecule has 1 heterocycles. The van der Waals surface area contributed by atoms with Gasteiger partial charge >= 0.3 is 12.0 Å². The van der Waals surface area contributed by atoms with Crippen molar-refractivity contribution in [3.05, 3.63) is 41.7 Å². The van der Waals surface area contributed by atoms with E-state index in [2.05, 4.69) is 26.3 Å². The van der Waals surface area contributed by atoms with Crippen LogP contribution in [0.15, 0.2) is 30.5 Å². The predicted octanol–water partition coefficient (Wildman–Crippen LogP) is 4.51. The van der Waals surface area contributed by atoms with Crippen molar-refractivity contribution in [3.8, 4) is 0 Å². The first-order valence-corrected chi connectivity index (χ1v) is 23.8. The van der Waals surface area contributed by atoms with E-state index >= 15 is 0 Å². The Hall–Kier alpha value is -4.35. The average molecular weight is 1010 g/mol.